The molecule has 3 aliphatic carbocycles. The van der Waals surface area contributed by atoms with Crippen LogP contribution >= 0.6 is 0 Å². The molecular formula is C36H62O7. The number of rotatable bonds is 10. The summed E-state index contributed by atoms with van der Waals surface area (Å²) in [5, 5.41) is 52.7. The topological polar surface area (TPSA) is 120 Å². The fourth-order valence-corrected chi connectivity index (χ4v) is 10.4. The molecule has 4 rings (SSSR count). The predicted molar refractivity (Wildman–Crippen MR) is 169 cm³/mol. The summed E-state index contributed by atoms with van der Waals surface area (Å²) < 4.78 is 12.1. The molecule has 4 aliphatic rings. The molecule has 0 amide bonds. The van der Waals surface area contributed by atoms with E-state index in [1.54, 1.807) is 0 Å². The van der Waals surface area contributed by atoms with Gasteiger partial charge in [-0.05, 0) is 126 Å². The Hall–Kier alpha value is -0.800. The van der Waals surface area contributed by atoms with Gasteiger partial charge in [0.2, 0.25) is 0 Å². The van der Waals surface area contributed by atoms with Crippen LogP contribution in [0.1, 0.15) is 120 Å². The molecule has 1 aliphatic heterocycles. The van der Waals surface area contributed by atoms with E-state index in [-0.39, 0.29) is 28.3 Å². The van der Waals surface area contributed by atoms with Gasteiger partial charge in [0.1, 0.15) is 24.4 Å². The molecule has 0 aromatic carbocycles. The molecule has 0 radical (unpaired) electrons. The van der Waals surface area contributed by atoms with Crippen molar-refractivity contribution in [2.45, 2.75) is 162 Å². The predicted octanol–water partition coefficient (Wildman–Crippen LogP) is 5.66. The van der Waals surface area contributed by atoms with Gasteiger partial charge in [-0.25, -0.2) is 0 Å². The van der Waals surface area contributed by atoms with Crippen LogP contribution in [0.4, 0.5) is 0 Å². The molecule has 3 saturated carbocycles. The summed E-state index contributed by atoms with van der Waals surface area (Å²) >= 11 is 0. The highest BCUT2D eigenvalue weighted by Crippen LogP contribution is 2.71. The second-order valence-electron chi connectivity index (χ2n) is 16.2. The number of ether oxygens (including phenoxy) is 2. The third kappa shape index (κ3) is 6.70. The molecule has 0 bridgehead atoms. The van der Waals surface area contributed by atoms with E-state index in [2.05, 4.69) is 67.5 Å². The summed E-state index contributed by atoms with van der Waals surface area (Å²) in [6.07, 6.45) is 8.13. The molecule has 7 heteroatoms. The van der Waals surface area contributed by atoms with Crippen molar-refractivity contribution in [2.75, 3.05) is 6.61 Å². The molecular weight excluding hydrogens is 544 g/mol. The second-order valence-corrected chi connectivity index (χ2v) is 16.2. The van der Waals surface area contributed by atoms with Crippen LogP contribution < -0.4 is 0 Å². The lowest BCUT2D eigenvalue weighted by atomic mass is 9.42. The first-order chi connectivity index (χ1) is 20.0. The van der Waals surface area contributed by atoms with Gasteiger partial charge in [0.05, 0.1) is 18.3 Å². The lowest BCUT2D eigenvalue weighted by Gasteiger charge is -2.64. The van der Waals surface area contributed by atoms with Gasteiger partial charge in [-0.2, -0.15) is 0 Å². The van der Waals surface area contributed by atoms with Crippen LogP contribution in [-0.4, -0.2) is 74.6 Å². The first-order valence-corrected chi connectivity index (χ1v) is 17.0. The molecule has 43 heavy (non-hydrogen) atoms. The third-order valence-corrected chi connectivity index (χ3v) is 12.7. The van der Waals surface area contributed by atoms with Crippen LogP contribution in [-0.2, 0) is 9.47 Å². The first kappa shape index (κ1) is 35.1. The normalized spacial score (nSPS) is 44.3. The molecule has 0 aromatic heterocycles. The van der Waals surface area contributed by atoms with Gasteiger partial charge in [0, 0.05) is 0 Å². The van der Waals surface area contributed by atoms with Crippen LogP contribution in [0.5, 0.6) is 0 Å². The fraction of sp³-hybridized carbons (Fsp3) is 0.889. The largest absolute Gasteiger partial charge is 0.394 e. The van der Waals surface area contributed by atoms with E-state index in [4.69, 9.17) is 9.47 Å². The molecule has 248 valence electrons. The molecule has 0 aromatic rings. The third-order valence-electron chi connectivity index (χ3n) is 12.7. The van der Waals surface area contributed by atoms with Crippen molar-refractivity contribution >= 4 is 0 Å². The summed E-state index contributed by atoms with van der Waals surface area (Å²) in [6.45, 7) is 17.6. The maximum atomic E-state index is 11.9. The van der Waals surface area contributed by atoms with Crippen molar-refractivity contribution in [3.8, 4) is 0 Å². The van der Waals surface area contributed by atoms with Gasteiger partial charge in [-0.3, -0.25) is 0 Å². The summed E-state index contributed by atoms with van der Waals surface area (Å²) in [6, 6.07) is 0. The van der Waals surface area contributed by atoms with Crippen molar-refractivity contribution in [1.29, 1.82) is 0 Å². The minimum absolute atomic E-state index is 0.0813. The molecule has 12 atom stereocenters. The summed E-state index contributed by atoms with van der Waals surface area (Å²) in [5.41, 5.74) is 2.04. The van der Waals surface area contributed by atoms with E-state index in [1.807, 2.05) is 0 Å². The maximum absolute atomic E-state index is 11.9. The zero-order valence-electron chi connectivity index (χ0n) is 28.2. The quantitative estimate of drug-likeness (QED) is 0.161. The average Bonchev–Trinajstić information content (AvgIpc) is 3.29. The molecule has 1 heterocycles. The molecule has 4 fully saturated rings. The molecule has 7 nitrogen and oxygen atoms in total. The van der Waals surface area contributed by atoms with Crippen molar-refractivity contribution < 1.29 is 35.0 Å². The van der Waals surface area contributed by atoms with Gasteiger partial charge in [-0.15, -0.1) is 0 Å². The first-order valence-electron chi connectivity index (χ1n) is 17.0. The van der Waals surface area contributed by atoms with Gasteiger partial charge >= 0.3 is 0 Å². The number of fused-ring (bicyclic) bond motifs is 3. The smallest absolute Gasteiger partial charge is 0.186 e. The van der Waals surface area contributed by atoms with Gasteiger partial charge < -0.3 is 35.0 Å². The highest BCUT2D eigenvalue weighted by molar-refractivity contribution is 5.15. The van der Waals surface area contributed by atoms with Crippen molar-refractivity contribution in [2.24, 2.45) is 34.0 Å². The minimum Gasteiger partial charge on any atom is -0.394 e. The van der Waals surface area contributed by atoms with E-state index < -0.39 is 42.9 Å². The molecule has 5 N–H and O–H groups in total. The van der Waals surface area contributed by atoms with Gasteiger partial charge in [0.15, 0.2) is 6.29 Å². The number of aliphatic hydroxyl groups is 5. The molecule has 0 unspecified atom stereocenters. The Balaban J connectivity index is 1.44. The van der Waals surface area contributed by atoms with E-state index in [9.17, 15) is 25.5 Å². The zero-order chi connectivity index (χ0) is 32.0. The maximum Gasteiger partial charge on any atom is 0.186 e. The van der Waals surface area contributed by atoms with Crippen LogP contribution in [0.2, 0.25) is 0 Å². The Morgan fingerprint density at radius 3 is 2.19 bits per heavy atom. The highest BCUT2D eigenvalue weighted by atomic mass is 16.7. The van der Waals surface area contributed by atoms with Crippen LogP contribution in [0, 0.1) is 34.0 Å². The Morgan fingerprint density at radius 2 is 1.53 bits per heavy atom. The Kier molecular flexibility index (Phi) is 10.7. The van der Waals surface area contributed by atoms with Crippen LogP contribution in [0.25, 0.3) is 0 Å². The number of aliphatic hydroxyl groups excluding tert-OH is 4. The standard InChI is InChI=1S/C36H62O7/c1-22(2)11-9-12-23(3)13-10-18-36(8,41)27-15-14-26-34(6)20-17-28(33(4,5)25(34)16-19-35(26,27)7)43-32-31(40)30(39)29(38)24(21-37)42-32/h11,13,24-32,37-41H,9-10,12,14-21H2,1-8H3/b23-13+/t24-,25+,26-,27-,28+,29-,30+,31-,32+,34+,35-,36-/m1/s1. The SMILES string of the molecule is CC(C)=CCC/C(C)=C/CC[C@@](C)(O)[C@@H]1CC[C@H]2[C@@]1(C)CC[C@H]1C(C)(C)[C@@H](O[C@@H]3O[C@H](CO)[C@@H](O)[C@H](O)[C@H]3O)CC[C@]21C. The molecule has 1 saturated heterocycles. The van der Waals surface area contributed by atoms with Crippen molar-refractivity contribution in [3.63, 3.8) is 0 Å². The average molecular weight is 607 g/mol. The van der Waals surface area contributed by atoms with E-state index in [1.165, 1.54) is 11.1 Å². The highest BCUT2D eigenvalue weighted by Gasteiger charge is 2.66. The van der Waals surface area contributed by atoms with Crippen LogP contribution in [0.3, 0.4) is 0 Å². The van der Waals surface area contributed by atoms with Crippen LogP contribution in [0.15, 0.2) is 23.3 Å². The van der Waals surface area contributed by atoms with E-state index >= 15 is 0 Å². The lowest BCUT2D eigenvalue weighted by molar-refractivity contribution is -0.329. The van der Waals surface area contributed by atoms with E-state index in [0.29, 0.717) is 11.8 Å². The van der Waals surface area contributed by atoms with Gasteiger partial charge in [0.25, 0.3) is 0 Å². The number of hydrogen-bond acceptors (Lipinski definition) is 7. The Bertz CT molecular complexity index is 1010. The van der Waals surface area contributed by atoms with Crippen molar-refractivity contribution in [3.05, 3.63) is 23.3 Å². The van der Waals surface area contributed by atoms with Crippen molar-refractivity contribution in [1.82, 2.24) is 0 Å². The Morgan fingerprint density at radius 1 is 0.860 bits per heavy atom. The summed E-state index contributed by atoms with van der Waals surface area (Å²) in [4.78, 5) is 0. The lowest BCUT2D eigenvalue weighted by Crippen LogP contribution is -2.63. The second kappa shape index (κ2) is 13.1. The monoisotopic (exact) mass is 606 g/mol. The number of hydrogen-bond donors (Lipinski definition) is 5. The fourth-order valence-electron chi connectivity index (χ4n) is 10.4. The number of allylic oxidation sites excluding steroid dienone is 4. The summed E-state index contributed by atoms with van der Waals surface area (Å²) in [5.74, 6) is 1.19. The zero-order valence-corrected chi connectivity index (χ0v) is 28.2. The minimum atomic E-state index is -1.44. The molecule has 0 spiro atoms. The van der Waals surface area contributed by atoms with E-state index in [0.717, 1.165) is 64.2 Å². The van der Waals surface area contributed by atoms with Gasteiger partial charge in [-0.1, -0.05) is 51.0 Å². The Labute approximate surface area is 260 Å². The summed E-state index contributed by atoms with van der Waals surface area (Å²) in [7, 11) is 0.